The van der Waals surface area contributed by atoms with Gasteiger partial charge < -0.3 is 24.1 Å². The lowest BCUT2D eigenvalue weighted by Gasteiger charge is -2.41. The monoisotopic (exact) mass is 405 g/mol. The number of hydrogen-bond acceptors (Lipinski definition) is 16. The highest BCUT2D eigenvalue weighted by Gasteiger charge is 2.54. The fraction of sp³-hybridized carbons (Fsp3) is 1.00. The number of hydrogen-bond donors (Lipinski definition) is 0. The van der Waals surface area contributed by atoms with E-state index in [0.717, 1.165) is 0 Å². The first-order valence-electron chi connectivity index (χ1n) is 6.18. The Labute approximate surface area is 143 Å². The maximum atomic E-state index is 10.6. The van der Waals surface area contributed by atoms with Crippen LogP contribution >= 0.6 is 0 Å². The van der Waals surface area contributed by atoms with Crippen molar-refractivity contribution in [1.29, 1.82) is 0 Å². The van der Waals surface area contributed by atoms with E-state index in [1.165, 1.54) is 0 Å². The number of ether oxygens (including phenoxy) is 1. The van der Waals surface area contributed by atoms with Crippen molar-refractivity contribution in [3.63, 3.8) is 0 Å². The Morgan fingerprint density at radius 3 is 1.52 bits per heavy atom. The minimum absolute atomic E-state index is 1.20. The summed E-state index contributed by atoms with van der Waals surface area (Å²) in [6.07, 6.45) is -11.6. The zero-order valence-electron chi connectivity index (χ0n) is 12.4. The highest BCUT2D eigenvalue weighted by Crippen LogP contribution is 2.29. The van der Waals surface area contributed by atoms with Crippen LogP contribution in [0.5, 0.6) is 0 Å². The molecule has 0 bridgehead atoms. The summed E-state index contributed by atoms with van der Waals surface area (Å²) in [5.74, 6) is 0. The van der Waals surface area contributed by atoms with Crippen molar-refractivity contribution in [3.05, 3.63) is 50.6 Å². The lowest BCUT2D eigenvalue weighted by molar-refractivity contribution is -0.842. The molecule has 1 heterocycles. The van der Waals surface area contributed by atoms with Crippen molar-refractivity contribution >= 4 is 0 Å². The molecule has 0 aromatic rings. The van der Waals surface area contributed by atoms with Gasteiger partial charge in [0.25, 0.3) is 25.4 Å². The van der Waals surface area contributed by atoms with Crippen LogP contribution in [-0.2, 0) is 28.9 Å². The van der Waals surface area contributed by atoms with Crippen LogP contribution in [0.4, 0.5) is 0 Å². The molecule has 5 atom stereocenters. The predicted molar refractivity (Wildman–Crippen MR) is 65.3 cm³/mol. The third-order valence-corrected chi connectivity index (χ3v) is 2.75. The molecular weight excluding hydrogens is 398 g/mol. The van der Waals surface area contributed by atoms with Gasteiger partial charge in [-0.05, 0) is 0 Å². The molecule has 0 unspecified atom stereocenters. The summed E-state index contributed by atoms with van der Waals surface area (Å²) in [5, 5.41) is 44.9. The summed E-state index contributed by atoms with van der Waals surface area (Å²) < 4.78 is 4.73. The van der Waals surface area contributed by atoms with Gasteiger partial charge in [-0.15, -0.1) is 50.6 Å². The summed E-state index contributed by atoms with van der Waals surface area (Å²) in [6.45, 7) is -1.20. The molecule has 1 aliphatic heterocycles. The van der Waals surface area contributed by atoms with Crippen LogP contribution in [0.3, 0.4) is 0 Å². The second-order valence-electron chi connectivity index (χ2n) is 4.27. The van der Waals surface area contributed by atoms with Crippen molar-refractivity contribution in [2.24, 2.45) is 0 Å². The van der Waals surface area contributed by atoms with Crippen LogP contribution in [-0.4, -0.2) is 62.7 Å². The van der Waals surface area contributed by atoms with Crippen molar-refractivity contribution in [3.8, 4) is 0 Å². The molecule has 21 heteroatoms. The van der Waals surface area contributed by atoms with Crippen LogP contribution in [0.25, 0.3) is 0 Å². The third-order valence-electron chi connectivity index (χ3n) is 2.75. The van der Waals surface area contributed by atoms with E-state index in [4.69, 9.17) is 4.74 Å². The van der Waals surface area contributed by atoms with Crippen LogP contribution in [0.2, 0.25) is 0 Å². The van der Waals surface area contributed by atoms with Gasteiger partial charge >= 0.3 is 0 Å². The molecule has 21 nitrogen and oxygen atoms in total. The Hall–Kier alpha value is -4.04. The first-order valence-corrected chi connectivity index (χ1v) is 6.18. The van der Waals surface area contributed by atoms with Crippen LogP contribution in [0.15, 0.2) is 0 Å². The molecule has 1 rings (SSSR count). The van der Waals surface area contributed by atoms with Crippen molar-refractivity contribution in [2.75, 3.05) is 6.61 Å². The fourth-order valence-electron chi connectivity index (χ4n) is 1.97. The Morgan fingerprint density at radius 1 is 0.630 bits per heavy atom. The summed E-state index contributed by atoms with van der Waals surface area (Å²) >= 11 is 0. The fourth-order valence-corrected chi connectivity index (χ4v) is 1.97. The molecule has 1 fully saturated rings. The van der Waals surface area contributed by atoms with Gasteiger partial charge in [-0.3, -0.25) is 4.84 Å². The lowest BCUT2D eigenvalue weighted by atomic mass is 9.99. The van der Waals surface area contributed by atoms with E-state index in [0.29, 0.717) is 0 Å². The van der Waals surface area contributed by atoms with Crippen molar-refractivity contribution in [2.45, 2.75) is 30.7 Å². The molecule has 152 valence electrons. The summed E-state index contributed by atoms with van der Waals surface area (Å²) in [7, 11) is 0. The Balaban J connectivity index is 3.29. The van der Waals surface area contributed by atoms with E-state index in [1.54, 1.807) is 0 Å². The van der Waals surface area contributed by atoms with Crippen molar-refractivity contribution < 1.29 is 54.4 Å². The quantitative estimate of drug-likeness (QED) is 0.262. The molecule has 0 saturated carbocycles. The van der Waals surface area contributed by atoms with Crippen LogP contribution < -0.4 is 0 Å². The van der Waals surface area contributed by atoms with E-state index >= 15 is 0 Å². The molecule has 0 aliphatic carbocycles. The maximum Gasteiger partial charge on any atom is 0.297 e. The highest BCUT2D eigenvalue weighted by molar-refractivity contribution is 4.90. The number of nitrogens with zero attached hydrogens (tertiary/aromatic N) is 5. The molecule has 0 N–H and O–H groups in total. The van der Waals surface area contributed by atoms with E-state index in [1.807, 2.05) is 0 Å². The van der Waals surface area contributed by atoms with Gasteiger partial charge in [0.05, 0.1) is 0 Å². The van der Waals surface area contributed by atoms with E-state index in [-0.39, 0.29) is 0 Å². The van der Waals surface area contributed by atoms with Gasteiger partial charge in [0, 0.05) is 0 Å². The zero-order valence-corrected chi connectivity index (χ0v) is 12.4. The number of rotatable bonds is 11. The SMILES string of the molecule is O=[N+]([O-])OC[C@H]1O[C@@H](O[N+](=O)[O-])[C@H](O[N+](=O)[O-])[C@@H](O[N+](=O)[O-])[C@@H]1O[N+](=O)[O-]. The van der Waals surface area contributed by atoms with Crippen molar-refractivity contribution in [1.82, 2.24) is 0 Å². The molecule has 0 aromatic heterocycles. The predicted octanol–water partition coefficient (Wildman–Crippen LogP) is -2.14. The molecule has 0 amide bonds. The minimum Gasteiger partial charge on any atom is -0.343 e. The topological polar surface area (TPSA) is 271 Å². The maximum absolute atomic E-state index is 10.6. The highest BCUT2D eigenvalue weighted by atomic mass is 17.0. The Kier molecular flexibility index (Phi) is 6.91. The molecule has 0 spiro atoms. The summed E-state index contributed by atoms with van der Waals surface area (Å²) in [6, 6.07) is 0. The molecule has 1 aliphatic rings. The minimum atomic E-state index is -2.44. The van der Waals surface area contributed by atoms with E-state index in [2.05, 4.69) is 24.2 Å². The standard InChI is InChI=1S/C6H7N5O16/c12-7(13)22-1-2-3(24-8(14)15)4(25-9(16)17)5(26-10(18)19)6(23-2)27-11(20)21/h2-6H,1H2/t2-,3-,4+,5-,6+/m1/s1. The first kappa shape index (κ1) is 21.0. The van der Waals surface area contributed by atoms with Gasteiger partial charge in [-0.1, -0.05) is 0 Å². The Bertz CT molecular complexity index is 610. The second kappa shape index (κ2) is 8.88. The third kappa shape index (κ3) is 6.40. The average molecular weight is 405 g/mol. The van der Waals surface area contributed by atoms with Gasteiger partial charge in [-0.2, -0.15) is 0 Å². The van der Waals surface area contributed by atoms with Crippen LogP contribution in [0.1, 0.15) is 0 Å². The van der Waals surface area contributed by atoms with Gasteiger partial charge in [0.1, 0.15) is 12.7 Å². The van der Waals surface area contributed by atoms with Gasteiger partial charge in [0.15, 0.2) is 18.3 Å². The van der Waals surface area contributed by atoms with Crippen LogP contribution in [0, 0.1) is 50.6 Å². The molecule has 27 heavy (non-hydrogen) atoms. The average Bonchev–Trinajstić information content (AvgIpc) is 2.49. The molecular formula is C6H7N5O16. The smallest absolute Gasteiger partial charge is 0.297 e. The first-order chi connectivity index (χ1) is 12.5. The summed E-state index contributed by atoms with van der Waals surface area (Å²) in [4.78, 5) is 72.3. The Morgan fingerprint density at radius 2 is 1.07 bits per heavy atom. The molecule has 0 radical (unpaired) electrons. The van der Waals surface area contributed by atoms with Gasteiger partial charge in [-0.25, -0.2) is 0 Å². The normalized spacial score (nSPS) is 26.9. The van der Waals surface area contributed by atoms with E-state index in [9.17, 15) is 50.6 Å². The van der Waals surface area contributed by atoms with E-state index < -0.39 is 62.7 Å². The second-order valence-corrected chi connectivity index (χ2v) is 4.27. The molecule has 0 aromatic carbocycles. The lowest BCUT2D eigenvalue weighted by Crippen LogP contribution is -2.63. The zero-order chi connectivity index (χ0) is 20.7. The molecule has 1 saturated heterocycles. The van der Waals surface area contributed by atoms with Gasteiger partial charge in [0.2, 0.25) is 6.29 Å². The summed E-state index contributed by atoms with van der Waals surface area (Å²) in [5.41, 5.74) is 0. The largest absolute Gasteiger partial charge is 0.343 e.